The smallest absolute Gasteiger partial charge is 0.261 e. The number of ether oxygens (including phenoxy) is 1. The molecule has 3 heteroatoms. The Morgan fingerprint density at radius 2 is 1.67 bits per heavy atom. The Labute approximate surface area is 145 Å². The van der Waals surface area contributed by atoms with E-state index in [0.29, 0.717) is 6.42 Å². The predicted molar refractivity (Wildman–Crippen MR) is 98.4 cm³/mol. The molecule has 24 heavy (non-hydrogen) atoms. The Bertz CT molecular complexity index is 691. The first kappa shape index (κ1) is 18.1. The van der Waals surface area contributed by atoms with Gasteiger partial charge in [-0.3, -0.25) is 4.79 Å². The molecule has 0 aliphatic carbocycles. The van der Waals surface area contributed by atoms with E-state index >= 15 is 0 Å². The minimum Gasteiger partial charge on any atom is -0.481 e. The molecule has 0 aliphatic rings. The lowest BCUT2D eigenvalue weighted by atomic mass is 10.00. The van der Waals surface area contributed by atoms with E-state index in [2.05, 4.69) is 37.4 Å². The van der Waals surface area contributed by atoms with Gasteiger partial charge >= 0.3 is 0 Å². The zero-order valence-corrected chi connectivity index (χ0v) is 15.2. The van der Waals surface area contributed by atoms with Crippen molar-refractivity contribution < 1.29 is 9.53 Å². The normalized spacial score (nSPS) is 13.2. The Hall–Kier alpha value is -2.29. The van der Waals surface area contributed by atoms with Crippen molar-refractivity contribution in [1.82, 2.24) is 5.32 Å². The van der Waals surface area contributed by atoms with Gasteiger partial charge < -0.3 is 10.1 Å². The maximum Gasteiger partial charge on any atom is 0.261 e. The van der Waals surface area contributed by atoms with E-state index in [1.54, 1.807) is 0 Å². The molecule has 1 amide bonds. The van der Waals surface area contributed by atoms with E-state index in [1.165, 1.54) is 16.7 Å². The first-order valence-corrected chi connectivity index (χ1v) is 8.51. The largest absolute Gasteiger partial charge is 0.481 e. The highest BCUT2D eigenvalue weighted by Crippen LogP contribution is 2.20. The molecule has 2 aromatic rings. The third-order valence-corrected chi connectivity index (χ3v) is 4.22. The van der Waals surface area contributed by atoms with Gasteiger partial charge in [-0.1, -0.05) is 48.4 Å². The summed E-state index contributed by atoms with van der Waals surface area (Å²) in [6.45, 7) is 10.1. The standard InChI is InChI=1S/C21H27NO2/c1-6-20(24-18-11-8-14(2)9-12-18)21(23)22-17(5)19-13-15(3)7-10-16(19)4/h7-13,17,20H,6H2,1-5H3,(H,22,23). The molecule has 0 spiro atoms. The first-order valence-electron chi connectivity index (χ1n) is 8.51. The molecular formula is C21H27NO2. The Balaban J connectivity index is 2.05. The van der Waals surface area contributed by atoms with Gasteiger partial charge in [0.25, 0.3) is 5.91 Å². The van der Waals surface area contributed by atoms with Crippen LogP contribution in [0.15, 0.2) is 42.5 Å². The molecule has 1 N–H and O–H groups in total. The Morgan fingerprint density at radius 3 is 2.29 bits per heavy atom. The third-order valence-electron chi connectivity index (χ3n) is 4.22. The number of amides is 1. The number of carbonyl (C=O) groups excluding carboxylic acids is 1. The highest BCUT2D eigenvalue weighted by molar-refractivity contribution is 5.81. The van der Waals surface area contributed by atoms with Crippen LogP contribution in [0, 0.1) is 20.8 Å². The van der Waals surface area contributed by atoms with Crippen LogP contribution in [0.4, 0.5) is 0 Å². The summed E-state index contributed by atoms with van der Waals surface area (Å²) in [7, 11) is 0. The number of rotatable bonds is 6. The summed E-state index contributed by atoms with van der Waals surface area (Å²) in [5.41, 5.74) is 4.69. The monoisotopic (exact) mass is 325 g/mol. The molecule has 2 aromatic carbocycles. The van der Waals surface area contributed by atoms with Gasteiger partial charge in [-0.2, -0.15) is 0 Å². The number of carbonyl (C=O) groups is 1. The molecule has 2 unspecified atom stereocenters. The fraction of sp³-hybridized carbons (Fsp3) is 0.381. The quantitative estimate of drug-likeness (QED) is 0.840. The van der Waals surface area contributed by atoms with Crippen LogP contribution in [0.3, 0.4) is 0 Å². The molecule has 0 aromatic heterocycles. The maximum absolute atomic E-state index is 12.6. The van der Waals surface area contributed by atoms with Gasteiger partial charge in [0.15, 0.2) is 6.10 Å². The second-order valence-corrected chi connectivity index (χ2v) is 6.42. The van der Waals surface area contributed by atoms with Crippen LogP contribution >= 0.6 is 0 Å². The van der Waals surface area contributed by atoms with E-state index in [0.717, 1.165) is 11.3 Å². The van der Waals surface area contributed by atoms with Gasteiger partial charge in [-0.15, -0.1) is 0 Å². The lowest BCUT2D eigenvalue weighted by Gasteiger charge is -2.22. The van der Waals surface area contributed by atoms with Gasteiger partial charge in [0, 0.05) is 0 Å². The van der Waals surface area contributed by atoms with E-state index in [-0.39, 0.29) is 11.9 Å². The molecule has 2 rings (SSSR count). The lowest BCUT2D eigenvalue weighted by Crippen LogP contribution is -2.39. The summed E-state index contributed by atoms with van der Waals surface area (Å²) in [6.07, 6.45) is 0.138. The van der Waals surface area contributed by atoms with Gasteiger partial charge in [0.2, 0.25) is 0 Å². The summed E-state index contributed by atoms with van der Waals surface area (Å²) >= 11 is 0. The Morgan fingerprint density at radius 1 is 1.04 bits per heavy atom. The van der Waals surface area contributed by atoms with Crippen molar-refractivity contribution in [2.75, 3.05) is 0 Å². The molecule has 3 nitrogen and oxygen atoms in total. The highest BCUT2D eigenvalue weighted by atomic mass is 16.5. The van der Waals surface area contributed by atoms with E-state index in [1.807, 2.05) is 45.0 Å². The average Bonchev–Trinajstić information content (AvgIpc) is 2.56. The van der Waals surface area contributed by atoms with Crippen molar-refractivity contribution in [1.29, 1.82) is 0 Å². The fourth-order valence-corrected chi connectivity index (χ4v) is 2.71. The number of benzene rings is 2. The molecule has 2 atom stereocenters. The molecule has 0 bridgehead atoms. The molecule has 0 aliphatic heterocycles. The van der Waals surface area contributed by atoms with Gasteiger partial charge in [-0.25, -0.2) is 0 Å². The van der Waals surface area contributed by atoms with Crippen LogP contribution in [0.5, 0.6) is 5.75 Å². The lowest BCUT2D eigenvalue weighted by molar-refractivity contribution is -0.128. The summed E-state index contributed by atoms with van der Waals surface area (Å²) in [6, 6.07) is 14.0. The van der Waals surface area contributed by atoms with Crippen molar-refractivity contribution in [2.45, 2.75) is 53.2 Å². The summed E-state index contributed by atoms with van der Waals surface area (Å²) in [4.78, 5) is 12.6. The number of hydrogen-bond donors (Lipinski definition) is 1. The molecule has 0 heterocycles. The van der Waals surface area contributed by atoms with Crippen molar-refractivity contribution in [2.24, 2.45) is 0 Å². The third kappa shape index (κ3) is 4.60. The van der Waals surface area contributed by atoms with E-state index < -0.39 is 6.10 Å². The van der Waals surface area contributed by atoms with Crippen LogP contribution in [-0.4, -0.2) is 12.0 Å². The summed E-state index contributed by atoms with van der Waals surface area (Å²) in [5.74, 6) is 0.647. The van der Waals surface area contributed by atoms with Gasteiger partial charge in [0.1, 0.15) is 5.75 Å². The van der Waals surface area contributed by atoms with E-state index in [9.17, 15) is 4.79 Å². The van der Waals surface area contributed by atoms with Crippen molar-refractivity contribution in [3.05, 3.63) is 64.7 Å². The topological polar surface area (TPSA) is 38.3 Å². The zero-order chi connectivity index (χ0) is 17.7. The first-order chi connectivity index (χ1) is 11.4. The molecular weight excluding hydrogens is 298 g/mol. The van der Waals surface area contributed by atoms with Crippen molar-refractivity contribution >= 4 is 5.91 Å². The second-order valence-electron chi connectivity index (χ2n) is 6.42. The predicted octanol–water partition coefficient (Wildman–Crippen LogP) is 4.65. The Kier molecular flexibility index (Phi) is 6.02. The zero-order valence-electron chi connectivity index (χ0n) is 15.2. The summed E-state index contributed by atoms with van der Waals surface area (Å²) < 4.78 is 5.86. The van der Waals surface area contributed by atoms with Gasteiger partial charge in [-0.05, 0) is 57.4 Å². The van der Waals surface area contributed by atoms with Crippen LogP contribution in [0.2, 0.25) is 0 Å². The molecule has 0 saturated carbocycles. The average molecular weight is 325 g/mol. The minimum absolute atomic E-state index is 0.0481. The maximum atomic E-state index is 12.6. The SMILES string of the molecule is CCC(Oc1ccc(C)cc1)C(=O)NC(C)c1cc(C)ccc1C. The molecule has 128 valence electrons. The number of aryl methyl sites for hydroxylation is 3. The number of nitrogens with one attached hydrogen (secondary N) is 1. The molecule has 0 saturated heterocycles. The van der Waals surface area contributed by atoms with Crippen LogP contribution in [0.1, 0.15) is 48.6 Å². The van der Waals surface area contributed by atoms with E-state index in [4.69, 9.17) is 4.74 Å². The van der Waals surface area contributed by atoms with Crippen LogP contribution < -0.4 is 10.1 Å². The van der Waals surface area contributed by atoms with Crippen LogP contribution in [0.25, 0.3) is 0 Å². The fourth-order valence-electron chi connectivity index (χ4n) is 2.71. The second kappa shape index (κ2) is 8.00. The number of hydrogen-bond acceptors (Lipinski definition) is 2. The highest BCUT2D eigenvalue weighted by Gasteiger charge is 2.21. The van der Waals surface area contributed by atoms with Gasteiger partial charge in [0.05, 0.1) is 6.04 Å². The summed E-state index contributed by atoms with van der Waals surface area (Å²) in [5, 5.41) is 3.08. The molecule has 0 radical (unpaired) electrons. The van der Waals surface area contributed by atoms with Crippen LogP contribution in [-0.2, 0) is 4.79 Å². The molecule has 0 fully saturated rings. The van der Waals surface area contributed by atoms with Crippen molar-refractivity contribution in [3.63, 3.8) is 0 Å². The van der Waals surface area contributed by atoms with Crippen molar-refractivity contribution in [3.8, 4) is 5.75 Å². The minimum atomic E-state index is -0.486.